The summed E-state index contributed by atoms with van der Waals surface area (Å²) >= 11 is 0. The molecular weight excluding hydrogens is 540 g/mol. The predicted octanol–water partition coefficient (Wildman–Crippen LogP) is 0.313. The molecule has 2 aliphatic rings. The molecule has 0 spiro atoms. The van der Waals surface area contributed by atoms with Gasteiger partial charge in [0.1, 0.15) is 18.1 Å². The van der Waals surface area contributed by atoms with Crippen LogP contribution in [0.25, 0.3) is 0 Å². The van der Waals surface area contributed by atoms with Crippen LogP contribution in [0.3, 0.4) is 0 Å². The molecule has 0 saturated carbocycles. The van der Waals surface area contributed by atoms with Gasteiger partial charge in [0.05, 0.1) is 24.9 Å². The van der Waals surface area contributed by atoms with Crippen LogP contribution < -0.4 is 10.6 Å². The zero-order valence-electron chi connectivity index (χ0n) is 16.3. The van der Waals surface area contributed by atoms with Gasteiger partial charge in [0.25, 0.3) is 0 Å². The first-order valence-corrected chi connectivity index (χ1v) is 8.52. The number of carboxylic acid groups (broad SMARTS) is 1. The van der Waals surface area contributed by atoms with E-state index in [1.165, 1.54) is 13.2 Å². The summed E-state index contributed by atoms with van der Waals surface area (Å²) in [6.45, 7) is 9.36. The van der Waals surface area contributed by atoms with E-state index in [9.17, 15) is 14.7 Å². The molecule has 156 valence electrons. The number of allylic oxidation sites excluding steroid dienone is 1. The van der Waals surface area contributed by atoms with E-state index >= 15 is 0 Å². The maximum atomic E-state index is 11.6. The van der Waals surface area contributed by atoms with Crippen molar-refractivity contribution in [1.29, 1.82) is 0 Å². The van der Waals surface area contributed by atoms with Crippen LogP contribution in [0.5, 0.6) is 0 Å². The fourth-order valence-corrected chi connectivity index (χ4v) is 3.24. The van der Waals surface area contributed by atoms with Crippen LogP contribution in [0.1, 0.15) is 20.8 Å². The van der Waals surface area contributed by atoms with E-state index in [0.717, 1.165) is 6.20 Å². The molecule has 1 fully saturated rings. The average molecular weight is 566 g/mol. The summed E-state index contributed by atoms with van der Waals surface area (Å²) in [5, 5.41) is 15.4. The Kier molecular flexibility index (Phi) is 8.92. The fraction of sp³-hybridized carbons (Fsp3) is 0.611. The van der Waals surface area contributed by atoms with Gasteiger partial charge in [-0.3, -0.25) is 0 Å². The van der Waals surface area contributed by atoms with Gasteiger partial charge in [-0.2, -0.15) is 0 Å². The van der Waals surface area contributed by atoms with Crippen molar-refractivity contribution in [3.05, 3.63) is 30.3 Å². The molecule has 0 amide bonds. The molecule has 0 radical (unpaired) electrons. The second-order valence-electron chi connectivity index (χ2n) is 6.89. The number of carboxylic acids is 1. The zero-order chi connectivity index (χ0) is 20.2. The molecule has 0 aromatic carbocycles. The molecule has 2 heterocycles. The molecule has 0 aliphatic carbocycles. The second kappa shape index (κ2) is 10.2. The first-order valence-electron chi connectivity index (χ1n) is 8.52. The number of carbonyl (C=O) groups excluding carboxylic acids is 1. The first kappa shape index (κ1) is 24.4. The summed E-state index contributed by atoms with van der Waals surface area (Å²) in [4.78, 5) is 22.3. The van der Waals surface area contributed by atoms with E-state index < -0.39 is 42.2 Å². The Balaban J connectivity index is 0.00000392. The molecule has 1 saturated heterocycles. The van der Waals surface area contributed by atoms with Crippen molar-refractivity contribution >= 4 is 11.9 Å². The third-order valence-electron chi connectivity index (χ3n) is 4.29. The molecule has 5 atom stereocenters. The van der Waals surface area contributed by atoms with Gasteiger partial charge < -0.3 is 34.7 Å². The quantitative estimate of drug-likeness (QED) is 0.358. The summed E-state index contributed by atoms with van der Waals surface area (Å²) in [7, 11) is 1.48. The van der Waals surface area contributed by atoms with Gasteiger partial charge in [-0.05, 0) is 26.8 Å². The van der Waals surface area contributed by atoms with Crippen LogP contribution in [-0.2, 0) is 49.6 Å². The number of hydrogen-bond donors (Lipinski definition) is 3. The van der Waals surface area contributed by atoms with E-state index in [0.29, 0.717) is 5.70 Å². The summed E-state index contributed by atoms with van der Waals surface area (Å²) in [5.41, 5.74) is 0.624. The Labute approximate surface area is 178 Å². The summed E-state index contributed by atoms with van der Waals surface area (Å²) in [6.07, 6.45) is 0.582. The Morgan fingerprint density at radius 1 is 1.54 bits per heavy atom. The van der Waals surface area contributed by atoms with Gasteiger partial charge in [-0.25, -0.2) is 9.59 Å². The zero-order valence-corrected chi connectivity index (χ0v) is 19.2. The van der Waals surface area contributed by atoms with Crippen LogP contribution in [0.15, 0.2) is 30.3 Å². The second-order valence-corrected chi connectivity index (χ2v) is 6.89. The normalized spacial score (nSPS) is 29.2. The minimum Gasteiger partial charge on any atom is -0.478 e. The standard InChI is InChI=1S/C18H26N2O7.W/c1-10(2)20-11-8-12(17(22)23)26-16(14(11)19-6-7-21)15(24-5)13-9-25-18(3,4)27-13;/h6,8,11,13-16,19-20H,1,9H2,2-5H3,(H,22,23);. The predicted molar refractivity (Wildman–Crippen MR) is 95.2 cm³/mol. The van der Waals surface area contributed by atoms with Gasteiger partial charge >= 0.3 is 5.97 Å². The summed E-state index contributed by atoms with van der Waals surface area (Å²) in [5.74, 6) is -0.573. The van der Waals surface area contributed by atoms with Gasteiger partial charge in [-0.15, -0.1) is 0 Å². The first-order chi connectivity index (χ1) is 12.7. The van der Waals surface area contributed by atoms with Gasteiger partial charge in [0, 0.05) is 33.9 Å². The van der Waals surface area contributed by atoms with Crippen molar-refractivity contribution in [3.63, 3.8) is 0 Å². The van der Waals surface area contributed by atoms with Crippen LogP contribution in [0, 0.1) is 0 Å². The molecule has 10 heteroatoms. The molecular formula is C18H26N2O7W. The molecule has 0 aromatic heterocycles. The smallest absolute Gasteiger partial charge is 0.370 e. The minimum absolute atomic E-state index is 0. The fourth-order valence-electron chi connectivity index (χ4n) is 3.24. The Hall–Kier alpha value is -1.63. The van der Waals surface area contributed by atoms with E-state index in [1.54, 1.807) is 26.7 Å². The van der Waals surface area contributed by atoms with Gasteiger partial charge in [-0.1, -0.05) is 6.58 Å². The van der Waals surface area contributed by atoms with E-state index in [4.69, 9.17) is 18.9 Å². The topological polar surface area (TPSA) is 115 Å². The van der Waals surface area contributed by atoms with Gasteiger partial charge in [0.2, 0.25) is 5.76 Å². The Morgan fingerprint density at radius 2 is 2.21 bits per heavy atom. The minimum atomic E-state index is -1.21. The molecule has 2 aliphatic heterocycles. The Morgan fingerprint density at radius 3 is 2.68 bits per heavy atom. The van der Waals surface area contributed by atoms with Crippen molar-refractivity contribution in [3.8, 4) is 0 Å². The maximum Gasteiger partial charge on any atom is 0.370 e. The number of carbonyl (C=O) groups is 1. The van der Waals surface area contributed by atoms with Crippen molar-refractivity contribution < 1.29 is 54.7 Å². The third-order valence-corrected chi connectivity index (χ3v) is 4.29. The number of methoxy groups -OCH3 is 1. The maximum absolute atomic E-state index is 11.6. The van der Waals surface area contributed by atoms with Crippen molar-refractivity contribution in [2.24, 2.45) is 0 Å². The average Bonchev–Trinajstić information content (AvgIpc) is 2.93. The molecule has 0 bridgehead atoms. The SMILES string of the molecule is C=C(C)NC1C=C(C(=O)O)OC(C(OC)C2COC(C)(C)O2)C1NC=C=O.[W]. The molecule has 28 heavy (non-hydrogen) atoms. The largest absolute Gasteiger partial charge is 0.478 e. The van der Waals surface area contributed by atoms with E-state index in [1.807, 2.05) is 0 Å². The van der Waals surface area contributed by atoms with E-state index in [-0.39, 0.29) is 33.4 Å². The Bertz CT molecular complexity index is 660. The number of nitrogens with one attached hydrogen (secondary N) is 2. The third kappa shape index (κ3) is 5.93. The molecule has 9 nitrogen and oxygen atoms in total. The van der Waals surface area contributed by atoms with Gasteiger partial charge in [0.15, 0.2) is 11.9 Å². The van der Waals surface area contributed by atoms with Crippen molar-refractivity contribution in [1.82, 2.24) is 10.6 Å². The molecule has 5 unspecified atom stereocenters. The molecule has 2 rings (SSSR count). The summed E-state index contributed by atoms with van der Waals surface area (Å²) < 4.78 is 22.8. The molecule has 3 N–H and O–H groups in total. The number of hydrogen-bond acceptors (Lipinski definition) is 8. The number of rotatable bonds is 8. The van der Waals surface area contributed by atoms with Crippen molar-refractivity contribution in [2.45, 2.75) is 57.0 Å². The van der Waals surface area contributed by atoms with Crippen molar-refractivity contribution in [2.75, 3.05) is 13.7 Å². The van der Waals surface area contributed by atoms with Crippen LogP contribution in [0.2, 0.25) is 0 Å². The molecule has 0 aromatic rings. The van der Waals surface area contributed by atoms with Crippen LogP contribution >= 0.6 is 0 Å². The number of ether oxygens (including phenoxy) is 4. The van der Waals surface area contributed by atoms with E-state index in [2.05, 4.69) is 17.2 Å². The van der Waals surface area contributed by atoms with Crippen LogP contribution in [-0.4, -0.2) is 66.9 Å². The summed E-state index contributed by atoms with van der Waals surface area (Å²) in [6, 6.07) is -1.08. The monoisotopic (exact) mass is 566 g/mol. The van der Waals surface area contributed by atoms with Crippen LogP contribution in [0.4, 0.5) is 0 Å². The number of aliphatic carboxylic acids is 1.